The van der Waals surface area contributed by atoms with Crippen molar-refractivity contribution >= 4 is 29.1 Å². The molecule has 0 radical (unpaired) electrons. The number of benzene rings is 1. The maximum atomic E-state index is 13.2. The van der Waals surface area contributed by atoms with Gasteiger partial charge in [0.2, 0.25) is 5.91 Å². The number of thiophene rings is 1. The maximum absolute atomic E-state index is 13.2. The van der Waals surface area contributed by atoms with Crippen LogP contribution >= 0.6 is 11.3 Å². The molecule has 0 spiro atoms. The first-order valence-electron chi connectivity index (χ1n) is 11.4. The molecular formula is C25H33N3O4S. The Morgan fingerprint density at radius 3 is 2.33 bits per heavy atom. The number of nitrogens with zero attached hydrogens (tertiary/aromatic N) is 1. The molecular weight excluding hydrogens is 438 g/mol. The largest absolute Gasteiger partial charge is 0.496 e. The molecule has 0 aliphatic carbocycles. The molecule has 1 saturated heterocycles. The third-order valence-electron chi connectivity index (χ3n) is 6.32. The predicted molar refractivity (Wildman–Crippen MR) is 130 cm³/mol. The molecule has 1 aromatic heterocycles. The molecule has 2 unspecified atom stereocenters. The Kier molecular flexibility index (Phi) is 8.49. The van der Waals surface area contributed by atoms with Crippen LogP contribution in [0.3, 0.4) is 0 Å². The van der Waals surface area contributed by atoms with Gasteiger partial charge in [0.15, 0.2) is 0 Å². The number of carbonyl (C=O) groups excluding carboxylic acids is 3. The van der Waals surface area contributed by atoms with Crippen molar-refractivity contribution in [2.75, 3.05) is 20.2 Å². The van der Waals surface area contributed by atoms with Gasteiger partial charge in [-0.1, -0.05) is 32.0 Å². The first kappa shape index (κ1) is 24.8. The van der Waals surface area contributed by atoms with Crippen molar-refractivity contribution in [3.63, 3.8) is 0 Å². The van der Waals surface area contributed by atoms with Gasteiger partial charge in [0.25, 0.3) is 11.8 Å². The molecule has 3 amide bonds. The number of carbonyl (C=O) groups is 3. The summed E-state index contributed by atoms with van der Waals surface area (Å²) in [5.74, 6) is 0.277. The van der Waals surface area contributed by atoms with Crippen molar-refractivity contribution in [2.45, 2.75) is 45.7 Å². The van der Waals surface area contributed by atoms with E-state index in [9.17, 15) is 14.4 Å². The quantitative estimate of drug-likeness (QED) is 0.616. The molecule has 33 heavy (non-hydrogen) atoms. The van der Waals surface area contributed by atoms with Crippen molar-refractivity contribution in [3.05, 3.63) is 52.2 Å². The second kappa shape index (κ2) is 11.3. The van der Waals surface area contributed by atoms with E-state index in [0.717, 1.165) is 0 Å². The third-order valence-corrected chi connectivity index (χ3v) is 7.19. The Bertz CT molecular complexity index is 952. The van der Waals surface area contributed by atoms with Gasteiger partial charge in [0, 0.05) is 19.1 Å². The standard InChI is InChI=1S/C25H33N3O4S/c1-16(2)17(3)26-24(30)22(27-23(29)21-10-7-15-33-21)18-11-13-28(14-12-18)25(31)19-8-5-6-9-20(19)32-4/h5-10,15-18,22H,11-14H2,1-4H3,(H,26,30)(H,27,29). The average Bonchev–Trinajstić information content (AvgIpc) is 3.37. The molecule has 1 aliphatic heterocycles. The van der Waals surface area contributed by atoms with Crippen LogP contribution < -0.4 is 15.4 Å². The highest BCUT2D eigenvalue weighted by Gasteiger charge is 2.35. The van der Waals surface area contributed by atoms with Crippen LogP contribution in [0.5, 0.6) is 5.75 Å². The molecule has 1 fully saturated rings. The molecule has 7 nitrogen and oxygen atoms in total. The van der Waals surface area contributed by atoms with Gasteiger partial charge in [-0.25, -0.2) is 0 Å². The first-order chi connectivity index (χ1) is 15.8. The number of ether oxygens (including phenoxy) is 1. The van der Waals surface area contributed by atoms with Crippen LogP contribution in [0.15, 0.2) is 41.8 Å². The maximum Gasteiger partial charge on any atom is 0.262 e. The van der Waals surface area contributed by atoms with Gasteiger partial charge < -0.3 is 20.3 Å². The zero-order valence-electron chi connectivity index (χ0n) is 19.7. The fourth-order valence-electron chi connectivity index (χ4n) is 3.93. The number of nitrogens with one attached hydrogen (secondary N) is 2. The van der Waals surface area contributed by atoms with Crippen LogP contribution in [-0.4, -0.2) is 54.9 Å². The number of para-hydroxylation sites is 1. The molecule has 178 valence electrons. The van der Waals surface area contributed by atoms with E-state index in [1.54, 1.807) is 30.2 Å². The summed E-state index contributed by atoms with van der Waals surface area (Å²) in [5.41, 5.74) is 0.532. The van der Waals surface area contributed by atoms with Crippen molar-refractivity contribution < 1.29 is 19.1 Å². The van der Waals surface area contributed by atoms with Crippen LogP contribution in [0.4, 0.5) is 0 Å². The molecule has 3 rings (SSSR count). The highest BCUT2D eigenvalue weighted by molar-refractivity contribution is 7.12. The van der Waals surface area contributed by atoms with Crippen molar-refractivity contribution in [3.8, 4) is 5.75 Å². The van der Waals surface area contributed by atoms with Gasteiger partial charge in [-0.15, -0.1) is 11.3 Å². The summed E-state index contributed by atoms with van der Waals surface area (Å²) >= 11 is 1.35. The van der Waals surface area contributed by atoms with E-state index in [1.165, 1.54) is 11.3 Å². The normalized spacial score (nSPS) is 16.2. The summed E-state index contributed by atoms with van der Waals surface area (Å²) in [6.45, 7) is 7.09. The Balaban J connectivity index is 1.70. The Labute approximate surface area is 199 Å². The lowest BCUT2D eigenvalue weighted by Crippen LogP contribution is -2.55. The molecule has 2 N–H and O–H groups in total. The summed E-state index contributed by atoms with van der Waals surface area (Å²) in [5, 5.41) is 7.86. The van der Waals surface area contributed by atoms with Crippen LogP contribution in [-0.2, 0) is 4.79 Å². The number of methoxy groups -OCH3 is 1. The highest BCUT2D eigenvalue weighted by Crippen LogP contribution is 2.26. The summed E-state index contributed by atoms with van der Waals surface area (Å²) in [6.07, 6.45) is 1.25. The molecule has 1 aliphatic rings. The molecule has 0 saturated carbocycles. The zero-order valence-corrected chi connectivity index (χ0v) is 20.5. The monoisotopic (exact) mass is 471 g/mol. The summed E-state index contributed by atoms with van der Waals surface area (Å²) in [4.78, 5) is 41.3. The number of likely N-dealkylation sites (tertiary alicyclic amines) is 1. The Morgan fingerprint density at radius 2 is 1.73 bits per heavy atom. The number of rotatable bonds is 8. The summed E-state index contributed by atoms with van der Waals surface area (Å²) < 4.78 is 5.34. The van der Waals surface area contributed by atoms with Crippen molar-refractivity contribution in [1.29, 1.82) is 0 Å². The van der Waals surface area contributed by atoms with E-state index in [1.807, 2.05) is 44.4 Å². The van der Waals surface area contributed by atoms with Gasteiger partial charge in [-0.3, -0.25) is 14.4 Å². The van der Waals surface area contributed by atoms with E-state index in [0.29, 0.717) is 42.1 Å². The van der Waals surface area contributed by atoms with Crippen molar-refractivity contribution in [1.82, 2.24) is 15.5 Å². The average molecular weight is 472 g/mol. The summed E-state index contributed by atoms with van der Waals surface area (Å²) in [6, 6.07) is 10.1. The number of hydrogen-bond donors (Lipinski definition) is 2. The number of amides is 3. The van der Waals surface area contributed by atoms with E-state index in [-0.39, 0.29) is 35.6 Å². The first-order valence-corrected chi connectivity index (χ1v) is 12.3. The van der Waals surface area contributed by atoms with E-state index in [4.69, 9.17) is 4.74 Å². The minimum absolute atomic E-state index is 0.00847. The second-order valence-electron chi connectivity index (χ2n) is 8.80. The van der Waals surface area contributed by atoms with Gasteiger partial charge in [0.05, 0.1) is 17.6 Å². The van der Waals surface area contributed by atoms with Crippen LogP contribution in [0.2, 0.25) is 0 Å². The second-order valence-corrected chi connectivity index (χ2v) is 9.75. The zero-order chi connectivity index (χ0) is 24.0. The van der Waals surface area contributed by atoms with Gasteiger partial charge in [-0.2, -0.15) is 0 Å². The fourth-order valence-corrected chi connectivity index (χ4v) is 4.55. The van der Waals surface area contributed by atoms with E-state index >= 15 is 0 Å². The van der Waals surface area contributed by atoms with E-state index < -0.39 is 6.04 Å². The SMILES string of the molecule is COc1ccccc1C(=O)N1CCC(C(NC(=O)c2cccs2)C(=O)NC(C)C(C)C)CC1. The number of piperidine rings is 1. The molecule has 0 bridgehead atoms. The van der Waals surface area contributed by atoms with Gasteiger partial charge in [-0.05, 0) is 55.2 Å². The molecule has 2 heterocycles. The Morgan fingerprint density at radius 1 is 1.03 bits per heavy atom. The Hall–Kier alpha value is -2.87. The van der Waals surface area contributed by atoms with Crippen molar-refractivity contribution in [2.24, 2.45) is 11.8 Å². The molecule has 1 aromatic carbocycles. The lowest BCUT2D eigenvalue weighted by molar-refractivity contribution is -0.125. The van der Waals surface area contributed by atoms with Gasteiger partial charge >= 0.3 is 0 Å². The lowest BCUT2D eigenvalue weighted by atomic mass is 9.88. The van der Waals surface area contributed by atoms with Gasteiger partial charge in [0.1, 0.15) is 11.8 Å². The molecule has 8 heteroatoms. The smallest absolute Gasteiger partial charge is 0.262 e. The van der Waals surface area contributed by atoms with E-state index in [2.05, 4.69) is 10.6 Å². The minimum atomic E-state index is -0.649. The van der Waals surface area contributed by atoms with Crippen LogP contribution in [0.1, 0.15) is 53.6 Å². The summed E-state index contributed by atoms with van der Waals surface area (Å²) in [7, 11) is 1.55. The van der Waals surface area contributed by atoms with Crippen LogP contribution in [0, 0.1) is 11.8 Å². The number of hydrogen-bond acceptors (Lipinski definition) is 5. The lowest BCUT2D eigenvalue weighted by Gasteiger charge is -2.36. The molecule has 2 aromatic rings. The van der Waals surface area contributed by atoms with Crippen LogP contribution in [0.25, 0.3) is 0 Å². The third kappa shape index (κ3) is 6.13. The fraction of sp³-hybridized carbons (Fsp3) is 0.480. The molecule has 2 atom stereocenters. The topological polar surface area (TPSA) is 87.7 Å². The minimum Gasteiger partial charge on any atom is -0.496 e. The highest BCUT2D eigenvalue weighted by atomic mass is 32.1. The predicted octanol–water partition coefficient (Wildman–Crippen LogP) is 3.57.